The van der Waals surface area contributed by atoms with Crippen LogP contribution in [0.4, 0.5) is 8.78 Å². The Hall–Kier alpha value is -0.770. The quantitative estimate of drug-likeness (QED) is 0.768. The first-order valence-electron chi connectivity index (χ1n) is 3.87. The van der Waals surface area contributed by atoms with Crippen LogP contribution in [0.5, 0.6) is 0 Å². The smallest absolute Gasteiger partial charge is 0.314 e. The molecule has 3 nitrogen and oxygen atoms in total. The molecule has 0 aliphatic heterocycles. The SMILES string of the molecule is NC(c1ccccc1)P(=O)(O)C(F)F. The van der Waals surface area contributed by atoms with Crippen LogP contribution in [0.1, 0.15) is 11.3 Å². The number of halogens is 2. The van der Waals surface area contributed by atoms with Gasteiger partial charge in [-0.25, -0.2) is 0 Å². The van der Waals surface area contributed by atoms with Gasteiger partial charge in [0, 0.05) is 0 Å². The van der Waals surface area contributed by atoms with Gasteiger partial charge in [0.15, 0.2) is 0 Å². The van der Waals surface area contributed by atoms with Crippen LogP contribution in [0.3, 0.4) is 0 Å². The Kier molecular flexibility index (Phi) is 3.37. The van der Waals surface area contributed by atoms with Gasteiger partial charge in [0.05, 0.1) is 0 Å². The maximum absolute atomic E-state index is 12.2. The van der Waals surface area contributed by atoms with Crippen LogP contribution in [-0.4, -0.2) is 11.1 Å². The summed E-state index contributed by atoms with van der Waals surface area (Å²) in [5.41, 5.74) is 5.52. The molecule has 0 radical (unpaired) electrons. The Bertz CT molecular complexity index is 344. The van der Waals surface area contributed by atoms with Gasteiger partial charge in [-0.2, -0.15) is 8.78 Å². The average Bonchev–Trinajstić information content (AvgIpc) is 2.17. The summed E-state index contributed by atoms with van der Waals surface area (Å²) in [4.78, 5) is 8.99. The van der Waals surface area contributed by atoms with Crippen molar-refractivity contribution in [1.29, 1.82) is 0 Å². The number of hydrogen-bond donors (Lipinski definition) is 2. The number of nitrogens with two attached hydrogens (primary N) is 1. The summed E-state index contributed by atoms with van der Waals surface area (Å²) in [5.74, 6) is -1.52. The van der Waals surface area contributed by atoms with E-state index in [-0.39, 0.29) is 5.56 Å². The molecule has 1 aromatic rings. The maximum Gasteiger partial charge on any atom is 0.314 e. The van der Waals surface area contributed by atoms with E-state index in [2.05, 4.69) is 0 Å². The lowest BCUT2D eigenvalue weighted by molar-refractivity contribution is 0.210. The number of rotatable bonds is 3. The standard InChI is InChI=1S/C8H10F2NO2P/c9-8(10)14(12,13)7(11)6-4-2-1-3-5-6/h1-5,7-8H,11H2,(H,12,13). The van der Waals surface area contributed by atoms with E-state index in [4.69, 9.17) is 10.6 Å². The molecule has 0 aliphatic carbocycles. The molecule has 0 saturated heterocycles. The van der Waals surface area contributed by atoms with Gasteiger partial charge in [-0.1, -0.05) is 30.3 Å². The van der Waals surface area contributed by atoms with Gasteiger partial charge < -0.3 is 10.6 Å². The summed E-state index contributed by atoms with van der Waals surface area (Å²) in [7, 11) is -4.63. The van der Waals surface area contributed by atoms with Crippen LogP contribution in [-0.2, 0) is 4.57 Å². The van der Waals surface area contributed by atoms with E-state index in [1.165, 1.54) is 12.1 Å². The monoisotopic (exact) mass is 221 g/mol. The van der Waals surface area contributed by atoms with Crippen molar-refractivity contribution in [2.45, 2.75) is 11.9 Å². The first-order valence-corrected chi connectivity index (χ1v) is 5.67. The fraction of sp³-hybridized carbons (Fsp3) is 0.250. The number of benzene rings is 1. The molecule has 1 rings (SSSR count). The van der Waals surface area contributed by atoms with Crippen LogP contribution in [0.2, 0.25) is 0 Å². The molecule has 0 fully saturated rings. The molecule has 0 spiro atoms. The zero-order valence-electron chi connectivity index (χ0n) is 7.18. The van der Waals surface area contributed by atoms with Crippen LogP contribution in [0.15, 0.2) is 30.3 Å². The van der Waals surface area contributed by atoms with Gasteiger partial charge in [0.2, 0.25) is 0 Å². The highest BCUT2D eigenvalue weighted by molar-refractivity contribution is 7.58. The fourth-order valence-electron chi connectivity index (χ4n) is 0.985. The summed E-state index contributed by atoms with van der Waals surface area (Å²) in [6.45, 7) is 0. The predicted octanol–water partition coefficient (Wildman–Crippen LogP) is 2.14. The van der Waals surface area contributed by atoms with Crippen LogP contribution in [0.25, 0.3) is 0 Å². The third-order valence-electron chi connectivity index (χ3n) is 1.82. The van der Waals surface area contributed by atoms with Gasteiger partial charge in [-0.15, -0.1) is 0 Å². The van der Waals surface area contributed by atoms with E-state index in [0.717, 1.165) is 0 Å². The molecule has 78 valence electrons. The minimum absolute atomic E-state index is 0.235. The second kappa shape index (κ2) is 4.17. The highest BCUT2D eigenvalue weighted by atomic mass is 31.2. The average molecular weight is 221 g/mol. The molecule has 2 unspecified atom stereocenters. The molecular formula is C8H10F2NO2P. The topological polar surface area (TPSA) is 63.3 Å². The second-order valence-corrected chi connectivity index (χ2v) is 5.10. The van der Waals surface area contributed by atoms with Crippen molar-refractivity contribution in [2.75, 3.05) is 0 Å². The molecule has 3 N–H and O–H groups in total. The van der Waals surface area contributed by atoms with E-state index in [1.54, 1.807) is 18.2 Å². The van der Waals surface area contributed by atoms with Crippen molar-refractivity contribution < 1.29 is 18.2 Å². The Morgan fingerprint density at radius 1 is 1.29 bits per heavy atom. The predicted molar refractivity (Wildman–Crippen MR) is 49.2 cm³/mol. The Balaban J connectivity index is 2.97. The van der Waals surface area contributed by atoms with Crippen LogP contribution >= 0.6 is 7.37 Å². The van der Waals surface area contributed by atoms with Gasteiger partial charge in [0.25, 0.3) is 7.37 Å². The van der Waals surface area contributed by atoms with E-state index in [1.807, 2.05) is 0 Å². The minimum atomic E-state index is -4.63. The number of alkyl halides is 2. The molecule has 0 aliphatic rings. The zero-order chi connectivity index (χ0) is 10.8. The molecule has 0 saturated carbocycles. The van der Waals surface area contributed by atoms with E-state index in [0.29, 0.717) is 0 Å². The van der Waals surface area contributed by atoms with E-state index >= 15 is 0 Å². The third-order valence-corrected chi connectivity index (χ3v) is 3.47. The molecule has 0 aromatic heterocycles. The molecular weight excluding hydrogens is 211 g/mol. The van der Waals surface area contributed by atoms with E-state index < -0.39 is 19.3 Å². The first kappa shape index (κ1) is 11.3. The lowest BCUT2D eigenvalue weighted by Crippen LogP contribution is -2.14. The van der Waals surface area contributed by atoms with E-state index in [9.17, 15) is 13.3 Å². The molecule has 2 atom stereocenters. The highest BCUT2D eigenvalue weighted by Crippen LogP contribution is 2.57. The second-order valence-electron chi connectivity index (χ2n) is 2.81. The summed E-state index contributed by atoms with van der Waals surface area (Å²) in [5, 5.41) is 0. The van der Waals surface area contributed by atoms with Crippen LogP contribution < -0.4 is 5.73 Å². The Morgan fingerprint density at radius 2 is 1.79 bits per heavy atom. The van der Waals surface area contributed by atoms with Crippen molar-refractivity contribution in [1.82, 2.24) is 0 Å². The number of hydrogen-bond acceptors (Lipinski definition) is 2. The zero-order valence-corrected chi connectivity index (χ0v) is 8.07. The third kappa shape index (κ3) is 2.18. The lowest BCUT2D eigenvalue weighted by atomic mass is 10.2. The Morgan fingerprint density at radius 3 is 2.21 bits per heavy atom. The molecule has 6 heteroatoms. The molecule has 0 bridgehead atoms. The maximum atomic E-state index is 12.2. The fourth-order valence-corrected chi connectivity index (χ4v) is 1.83. The van der Waals surface area contributed by atoms with Crippen molar-refractivity contribution in [3.05, 3.63) is 35.9 Å². The summed E-state index contributed by atoms with van der Waals surface area (Å²) in [6, 6.07) is 7.69. The van der Waals surface area contributed by atoms with Gasteiger partial charge in [-0.05, 0) is 5.56 Å². The highest BCUT2D eigenvalue weighted by Gasteiger charge is 2.38. The van der Waals surface area contributed by atoms with Gasteiger partial charge >= 0.3 is 6.17 Å². The van der Waals surface area contributed by atoms with Crippen molar-refractivity contribution in [3.63, 3.8) is 0 Å². The van der Waals surface area contributed by atoms with Crippen molar-refractivity contribution in [2.24, 2.45) is 5.73 Å². The van der Waals surface area contributed by atoms with Gasteiger partial charge in [0.1, 0.15) is 5.78 Å². The van der Waals surface area contributed by atoms with Crippen molar-refractivity contribution in [3.8, 4) is 0 Å². The van der Waals surface area contributed by atoms with Crippen molar-refractivity contribution >= 4 is 7.37 Å². The summed E-state index contributed by atoms with van der Waals surface area (Å²) >= 11 is 0. The summed E-state index contributed by atoms with van der Waals surface area (Å²) in [6.07, 6.45) is -3.31. The molecule has 0 amide bonds. The largest absolute Gasteiger partial charge is 0.339 e. The first-order chi connectivity index (χ1) is 6.46. The normalized spacial score (nSPS) is 17.8. The Labute approximate surface area is 80.0 Å². The molecule has 0 heterocycles. The van der Waals surface area contributed by atoms with Gasteiger partial charge in [-0.3, -0.25) is 4.57 Å². The van der Waals surface area contributed by atoms with Crippen LogP contribution in [0, 0.1) is 0 Å². The summed E-state index contributed by atoms with van der Waals surface area (Å²) < 4.78 is 35.4. The minimum Gasteiger partial charge on any atom is -0.339 e. The lowest BCUT2D eigenvalue weighted by Gasteiger charge is -2.18. The molecule has 1 aromatic carbocycles. The molecule has 14 heavy (non-hydrogen) atoms.